The Balaban J connectivity index is 0.00000144. The minimum absolute atomic E-state index is 0. The molecular formula is C10H11ClF3NO2. The molecule has 0 bridgehead atoms. The van der Waals surface area contributed by atoms with Gasteiger partial charge in [0.2, 0.25) is 6.79 Å². The van der Waals surface area contributed by atoms with Crippen molar-refractivity contribution in [3.05, 3.63) is 23.8 Å². The van der Waals surface area contributed by atoms with E-state index in [1.807, 2.05) is 0 Å². The van der Waals surface area contributed by atoms with Gasteiger partial charge in [-0.05, 0) is 6.07 Å². The maximum Gasteiger partial charge on any atom is 0.390 e. The number of nitrogens with two attached hydrogens (primary N) is 1. The van der Waals surface area contributed by atoms with Crippen molar-refractivity contribution in [2.45, 2.75) is 18.6 Å². The van der Waals surface area contributed by atoms with Gasteiger partial charge in [0.1, 0.15) is 0 Å². The lowest BCUT2D eigenvalue weighted by Crippen LogP contribution is -2.20. The molecule has 1 aromatic rings. The molecule has 0 saturated carbocycles. The van der Waals surface area contributed by atoms with E-state index in [2.05, 4.69) is 0 Å². The normalized spacial score (nSPS) is 15.3. The van der Waals surface area contributed by atoms with Crippen molar-refractivity contribution >= 4 is 12.4 Å². The Morgan fingerprint density at radius 2 is 2.00 bits per heavy atom. The zero-order valence-electron chi connectivity index (χ0n) is 8.66. The first kappa shape index (κ1) is 13.9. The molecule has 0 spiro atoms. The van der Waals surface area contributed by atoms with E-state index >= 15 is 0 Å². The predicted octanol–water partition coefficient (Wildman–Crippen LogP) is 2.79. The first-order chi connectivity index (χ1) is 7.47. The van der Waals surface area contributed by atoms with Gasteiger partial charge in [-0.1, -0.05) is 12.1 Å². The second-order valence-corrected chi connectivity index (χ2v) is 3.51. The molecule has 0 radical (unpaired) electrons. The molecule has 0 fully saturated rings. The number of alkyl halides is 3. The highest BCUT2D eigenvalue weighted by Crippen LogP contribution is 2.40. The molecule has 1 aromatic carbocycles. The number of ether oxygens (including phenoxy) is 2. The summed E-state index contributed by atoms with van der Waals surface area (Å²) in [6, 6.07) is 3.62. The number of rotatable bonds is 2. The van der Waals surface area contributed by atoms with Gasteiger partial charge in [0, 0.05) is 11.6 Å². The maximum atomic E-state index is 12.2. The van der Waals surface area contributed by atoms with E-state index in [-0.39, 0.29) is 19.2 Å². The topological polar surface area (TPSA) is 44.5 Å². The van der Waals surface area contributed by atoms with Crippen LogP contribution in [0.25, 0.3) is 0 Å². The van der Waals surface area contributed by atoms with Gasteiger partial charge in [-0.15, -0.1) is 12.4 Å². The third-order valence-electron chi connectivity index (χ3n) is 2.28. The quantitative estimate of drug-likeness (QED) is 0.898. The van der Waals surface area contributed by atoms with E-state index in [9.17, 15) is 13.2 Å². The third kappa shape index (κ3) is 3.17. The summed E-state index contributed by atoms with van der Waals surface area (Å²) in [5.41, 5.74) is 5.82. The van der Waals surface area contributed by atoms with Crippen LogP contribution in [0.1, 0.15) is 18.0 Å². The van der Waals surface area contributed by atoms with Crippen molar-refractivity contribution in [3.63, 3.8) is 0 Å². The molecule has 7 heteroatoms. The predicted molar refractivity (Wildman–Crippen MR) is 57.4 cm³/mol. The van der Waals surface area contributed by atoms with Crippen LogP contribution in [0.3, 0.4) is 0 Å². The van der Waals surface area contributed by atoms with Crippen molar-refractivity contribution in [1.29, 1.82) is 0 Å². The van der Waals surface area contributed by atoms with Gasteiger partial charge in [-0.25, -0.2) is 0 Å². The third-order valence-corrected chi connectivity index (χ3v) is 2.28. The molecule has 1 aliphatic heterocycles. The van der Waals surface area contributed by atoms with Gasteiger partial charge >= 0.3 is 6.18 Å². The lowest BCUT2D eigenvalue weighted by molar-refractivity contribution is -0.138. The molecule has 0 aromatic heterocycles. The Morgan fingerprint density at radius 1 is 1.29 bits per heavy atom. The molecule has 96 valence electrons. The van der Waals surface area contributed by atoms with E-state index in [0.717, 1.165) is 0 Å². The first-order valence-electron chi connectivity index (χ1n) is 4.68. The Morgan fingerprint density at radius 3 is 2.65 bits per heavy atom. The summed E-state index contributed by atoms with van der Waals surface area (Å²) >= 11 is 0. The highest BCUT2D eigenvalue weighted by molar-refractivity contribution is 5.85. The molecule has 3 nitrogen and oxygen atoms in total. The summed E-state index contributed by atoms with van der Waals surface area (Å²) in [6.07, 6.45) is -5.37. The molecule has 0 aliphatic carbocycles. The molecule has 0 unspecified atom stereocenters. The number of halogens is 4. The van der Waals surface area contributed by atoms with E-state index in [1.165, 1.54) is 6.07 Å². The van der Waals surface area contributed by atoms with Gasteiger partial charge in [0.15, 0.2) is 11.5 Å². The van der Waals surface area contributed by atoms with E-state index in [1.54, 1.807) is 12.1 Å². The molecule has 1 aliphatic rings. The Kier molecular flexibility index (Phi) is 4.11. The smallest absolute Gasteiger partial charge is 0.390 e. The van der Waals surface area contributed by atoms with Gasteiger partial charge in [0.05, 0.1) is 6.42 Å². The van der Waals surface area contributed by atoms with Crippen LogP contribution in [0.4, 0.5) is 13.2 Å². The Bertz CT molecular complexity index is 398. The molecule has 2 N–H and O–H groups in total. The molecule has 0 amide bonds. The van der Waals surface area contributed by atoms with Crippen LogP contribution >= 0.6 is 12.4 Å². The van der Waals surface area contributed by atoms with Crippen LogP contribution < -0.4 is 15.2 Å². The van der Waals surface area contributed by atoms with Crippen molar-refractivity contribution in [1.82, 2.24) is 0 Å². The Labute approximate surface area is 102 Å². The largest absolute Gasteiger partial charge is 0.454 e. The first-order valence-corrected chi connectivity index (χ1v) is 4.68. The average Bonchev–Trinajstić information content (AvgIpc) is 2.61. The van der Waals surface area contributed by atoms with Gasteiger partial charge in [0.25, 0.3) is 0 Å². The van der Waals surface area contributed by atoms with Crippen molar-refractivity contribution in [2.24, 2.45) is 5.73 Å². The number of fused-ring (bicyclic) bond motifs is 1. The summed E-state index contributed by atoms with van der Waals surface area (Å²) < 4.78 is 46.7. The highest BCUT2D eigenvalue weighted by Gasteiger charge is 2.33. The van der Waals surface area contributed by atoms with Crippen LogP contribution in [-0.2, 0) is 0 Å². The summed E-state index contributed by atoms with van der Waals surface area (Å²) in [7, 11) is 0. The molecule has 0 saturated heterocycles. The standard InChI is InChI=1S/C10H10F3NO2.ClH/c11-10(12,13)4-7(14)6-2-1-3-8-9(6)16-5-15-8;/h1-3,7H,4-5,14H2;1H/t7-;/m0./s1. The van der Waals surface area contributed by atoms with Gasteiger partial charge < -0.3 is 15.2 Å². The monoisotopic (exact) mass is 269 g/mol. The van der Waals surface area contributed by atoms with E-state index in [0.29, 0.717) is 17.1 Å². The van der Waals surface area contributed by atoms with Crippen molar-refractivity contribution in [2.75, 3.05) is 6.79 Å². The average molecular weight is 270 g/mol. The van der Waals surface area contributed by atoms with Crippen molar-refractivity contribution in [3.8, 4) is 11.5 Å². The van der Waals surface area contributed by atoms with Crippen LogP contribution in [0.2, 0.25) is 0 Å². The number of benzene rings is 1. The fourth-order valence-electron chi connectivity index (χ4n) is 1.60. The van der Waals surface area contributed by atoms with Crippen LogP contribution in [-0.4, -0.2) is 13.0 Å². The molecule has 1 atom stereocenters. The highest BCUT2D eigenvalue weighted by atomic mass is 35.5. The number of para-hydroxylation sites is 1. The summed E-state index contributed by atoms with van der Waals surface area (Å²) in [5, 5.41) is 0. The van der Waals surface area contributed by atoms with Crippen LogP contribution in [0.15, 0.2) is 18.2 Å². The number of hydrogen-bond acceptors (Lipinski definition) is 3. The van der Waals surface area contributed by atoms with Crippen LogP contribution in [0, 0.1) is 0 Å². The number of hydrogen-bond donors (Lipinski definition) is 1. The van der Waals surface area contributed by atoms with Gasteiger partial charge in [-0.2, -0.15) is 13.2 Å². The Hall–Kier alpha value is -1.14. The zero-order chi connectivity index (χ0) is 11.8. The molecular weight excluding hydrogens is 259 g/mol. The molecule has 1 heterocycles. The minimum Gasteiger partial charge on any atom is -0.454 e. The second kappa shape index (κ2) is 5.01. The zero-order valence-corrected chi connectivity index (χ0v) is 9.48. The summed E-state index contributed by atoms with van der Waals surface area (Å²) in [5.74, 6) is 0.759. The maximum absolute atomic E-state index is 12.2. The fraction of sp³-hybridized carbons (Fsp3) is 0.400. The second-order valence-electron chi connectivity index (χ2n) is 3.51. The lowest BCUT2D eigenvalue weighted by Gasteiger charge is -2.15. The SMILES string of the molecule is Cl.N[C@@H](CC(F)(F)F)c1cccc2c1OCO2. The summed E-state index contributed by atoms with van der Waals surface area (Å²) in [6.45, 7) is 0.0189. The fourth-order valence-corrected chi connectivity index (χ4v) is 1.60. The van der Waals surface area contributed by atoms with Gasteiger partial charge in [-0.3, -0.25) is 0 Å². The van der Waals surface area contributed by atoms with Crippen LogP contribution in [0.5, 0.6) is 11.5 Å². The molecule has 17 heavy (non-hydrogen) atoms. The minimum atomic E-state index is -4.29. The van der Waals surface area contributed by atoms with E-state index in [4.69, 9.17) is 15.2 Å². The molecule has 2 rings (SSSR count). The van der Waals surface area contributed by atoms with Crippen molar-refractivity contribution < 1.29 is 22.6 Å². The summed E-state index contributed by atoms with van der Waals surface area (Å²) in [4.78, 5) is 0. The van der Waals surface area contributed by atoms with E-state index < -0.39 is 18.6 Å². The lowest BCUT2D eigenvalue weighted by atomic mass is 10.0.